The third-order valence-electron chi connectivity index (χ3n) is 2.40. The lowest BCUT2D eigenvalue weighted by Crippen LogP contribution is -2.24. The number of aromatic hydroxyl groups is 1. The zero-order valence-electron chi connectivity index (χ0n) is 9.83. The smallest absolute Gasteiger partial charge is 0.239 e. The summed E-state index contributed by atoms with van der Waals surface area (Å²) in [7, 11) is 0. The molecule has 0 radical (unpaired) electrons. The van der Waals surface area contributed by atoms with Gasteiger partial charge in [-0.15, -0.1) is 5.10 Å². The second-order valence-corrected chi connectivity index (χ2v) is 4.94. The molecular formula is C12H13N3O2S. The van der Waals surface area contributed by atoms with Gasteiger partial charge in [0.25, 0.3) is 0 Å². The van der Waals surface area contributed by atoms with Gasteiger partial charge in [0.2, 0.25) is 5.91 Å². The Bertz CT molecular complexity index is 497. The lowest BCUT2D eigenvalue weighted by Gasteiger charge is -1.95. The number of phenolic OH excluding ortho intramolecular Hbond substituents is 1. The normalized spacial score (nSPS) is 21.7. The van der Waals surface area contributed by atoms with E-state index in [1.54, 1.807) is 30.5 Å². The molecule has 1 fully saturated rings. The van der Waals surface area contributed by atoms with Crippen LogP contribution < -0.4 is 5.32 Å². The highest BCUT2D eigenvalue weighted by molar-refractivity contribution is 8.15. The number of amides is 1. The maximum atomic E-state index is 11.4. The van der Waals surface area contributed by atoms with E-state index in [0.29, 0.717) is 5.17 Å². The number of amidine groups is 1. The SMILES string of the molecule is CC[C@@H]1SC(=N/N=C\c2ccc(O)cc2)NC1=O. The van der Waals surface area contributed by atoms with E-state index in [9.17, 15) is 4.79 Å². The van der Waals surface area contributed by atoms with E-state index >= 15 is 0 Å². The Morgan fingerprint density at radius 3 is 2.78 bits per heavy atom. The summed E-state index contributed by atoms with van der Waals surface area (Å²) in [5.41, 5.74) is 0.832. The molecule has 1 aromatic rings. The highest BCUT2D eigenvalue weighted by atomic mass is 32.2. The van der Waals surface area contributed by atoms with Crippen LogP contribution in [0.4, 0.5) is 0 Å². The lowest BCUT2D eigenvalue weighted by atomic mass is 10.2. The molecule has 6 heteroatoms. The van der Waals surface area contributed by atoms with Gasteiger partial charge in [0.05, 0.1) is 11.5 Å². The molecule has 2 rings (SSSR count). The lowest BCUT2D eigenvalue weighted by molar-refractivity contribution is -0.118. The fourth-order valence-corrected chi connectivity index (χ4v) is 2.29. The Balaban J connectivity index is 1.99. The van der Waals surface area contributed by atoms with Crippen molar-refractivity contribution in [2.24, 2.45) is 10.2 Å². The molecule has 1 amide bonds. The van der Waals surface area contributed by atoms with Gasteiger partial charge >= 0.3 is 0 Å². The van der Waals surface area contributed by atoms with Crippen molar-refractivity contribution in [2.45, 2.75) is 18.6 Å². The predicted molar refractivity (Wildman–Crippen MR) is 72.9 cm³/mol. The fourth-order valence-electron chi connectivity index (χ4n) is 1.43. The second-order valence-electron chi connectivity index (χ2n) is 3.75. The summed E-state index contributed by atoms with van der Waals surface area (Å²) in [5.74, 6) is 0.198. The van der Waals surface area contributed by atoms with Gasteiger partial charge in [-0.25, -0.2) is 0 Å². The van der Waals surface area contributed by atoms with Crippen molar-refractivity contribution in [2.75, 3.05) is 0 Å². The minimum Gasteiger partial charge on any atom is -0.508 e. The van der Waals surface area contributed by atoms with Gasteiger partial charge < -0.3 is 10.4 Å². The molecule has 1 saturated heterocycles. The number of phenols is 1. The van der Waals surface area contributed by atoms with Crippen LogP contribution in [0.1, 0.15) is 18.9 Å². The summed E-state index contributed by atoms with van der Waals surface area (Å²) < 4.78 is 0. The van der Waals surface area contributed by atoms with Crippen molar-refractivity contribution in [3.63, 3.8) is 0 Å². The molecule has 2 N–H and O–H groups in total. The van der Waals surface area contributed by atoms with E-state index in [4.69, 9.17) is 5.11 Å². The van der Waals surface area contributed by atoms with Crippen molar-refractivity contribution in [1.29, 1.82) is 0 Å². The first-order chi connectivity index (χ1) is 8.69. The van der Waals surface area contributed by atoms with Crippen LogP contribution in [0.25, 0.3) is 0 Å². The van der Waals surface area contributed by atoms with E-state index in [1.165, 1.54) is 11.8 Å². The molecule has 94 valence electrons. The van der Waals surface area contributed by atoms with Crippen molar-refractivity contribution < 1.29 is 9.90 Å². The summed E-state index contributed by atoms with van der Waals surface area (Å²) in [6.07, 6.45) is 2.34. The molecule has 1 aromatic carbocycles. The minimum atomic E-state index is -0.0624. The quantitative estimate of drug-likeness (QED) is 0.644. The Hall–Kier alpha value is -1.82. The van der Waals surface area contributed by atoms with Gasteiger partial charge in [0.15, 0.2) is 5.17 Å². The summed E-state index contributed by atoms with van der Waals surface area (Å²) >= 11 is 1.39. The van der Waals surface area contributed by atoms with E-state index in [0.717, 1.165) is 12.0 Å². The molecule has 1 aliphatic heterocycles. The maximum absolute atomic E-state index is 11.4. The van der Waals surface area contributed by atoms with Crippen LogP contribution in [0.5, 0.6) is 5.75 Å². The van der Waals surface area contributed by atoms with E-state index in [-0.39, 0.29) is 16.9 Å². The highest BCUT2D eigenvalue weighted by Gasteiger charge is 2.28. The Morgan fingerprint density at radius 1 is 1.44 bits per heavy atom. The average molecular weight is 263 g/mol. The Labute approximate surface area is 109 Å². The number of hydrogen-bond acceptors (Lipinski definition) is 5. The molecule has 1 aliphatic rings. The molecule has 1 heterocycles. The first-order valence-corrected chi connectivity index (χ1v) is 6.44. The molecule has 5 nitrogen and oxygen atoms in total. The standard InChI is InChI=1S/C12H13N3O2S/c1-2-10-11(17)14-12(18-10)15-13-7-8-3-5-9(16)6-4-8/h3-7,10,16H,2H2,1H3,(H,14,15,17)/b13-7-/t10-/m0/s1. The van der Waals surface area contributed by atoms with Crippen LogP contribution in [0.3, 0.4) is 0 Å². The van der Waals surface area contributed by atoms with Gasteiger partial charge in [-0.2, -0.15) is 5.10 Å². The first kappa shape index (κ1) is 12.6. The number of rotatable bonds is 3. The molecule has 0 spiro atoms. The second kappa shape index (κ2) is 5.68. The van der Waals surface area contributed by atoms with Crippen LogP contribution in [0, 0.1) is 0 Å². The third-order valence-corrected chi connectivity index (χ3v) is 3.63. The molecular weight excluding hydrogens is 250 g/mol. The van der Waals surface area contributed by atoms with Crippen LogP contribution in [0.2, 0.25) is 0 Å². The van der Waals surface area contributed by atoms with Crippen molar-refractivity contribution in [1.82, 2.24) is 5.32 Å². The topological polar surface area (TPSA) is 74.1 Å². The number of thioether (sulfide) groups is 1. The van der Waals surface area contributed by atoms with Gasteiger partial charge in [0, 0.05) is 0 Å². The Morgan fingerprint density at radius 2 is 2.17 bits per heavy atom. The van der Waals surface area contributed by atoms with Crippen molar-refractivity contribution >= 4 is 29.1 Å². The van der Waals surface area contributed by atoms with E-state index in [1.807, 2.05) is 6.92 Å². The molecule has 0 aliphatic carbocycles. The zero-order valence-corrected chi connectivity index (χ0v) is 10.6. The molecule has 0 aromatic heterocycles. The largest absolute Gasteiger partial charge is 0.508 e. The summed E-state index contributed by atoms with van der Waals surface area (Å²) in [4.78, 5) is 11.4. The monoisotopic (exact) mass is 263 g/mol. The van der Waals surface area contributed by atoms with Gasteiger partial charge in [-0.1, -0.05) is 18.7 Å². The van der Waals surface area contributed by atoms with Crippen LogP contribution in [0.15, 0.2) is 34.5 Å². The molecule has 1 atom stereocenters. The van der Waals surface area contributed by atoms with Gasteiger partial charge in [0.1, 0.15) is 5.75 Å². The number of nitrogens with one attached hydrogen (secondary N) is 1. The molecule has 18 heavy (non-hydrogen) atoms. The first-order valence-electron chi connectivity index (χ1n) is 5.56. The summed E-state index contributed by atoms with van der Waals surface area (Å²) in [6, 6.07) is 6.61. The number of benzene rings is 1. The van der Waals surface area contributed by atoms with Crippen molar-refractivity contribution in [3.05, 3.63) is 29.8 Å². The zero-order chi connectivity index (χ0) is 13.0. The highest BCUT2D eigenvalue weighted by Crippen LogP contribution is 2.21. The fraction of sp³-hybridized carbons (Fsp3) is 0.250. The average Bonchev–Trinajstić information content (AvgIpc) is 2.72. The minimum absolute atomic E-state index is 0.0129. The van der Waals surface area contributed by atoms with E-state index < -0.39 is 0 Å². The van der Waals surface area contributed by atoms with E-state index in [2.05, 4.69) is 15.5 Å². The van der Waals surface area contributed by atoms with Crippen molar-refractivity contribution in [3.8, 4) is 5.75 Å². The predicted octanol–water partition coefficient (Wildman–Crippen LogP) is 1.72. The van der Waals surface area contributed by atoms with Crippen LogP contribution in [-0.4, -0.2) is 27.6 Å². The number of hydrogen-bond donors (Lipinski definition) is 2. The molecule has 0 saturated carbocycles. The number of nitrogens with zero attached hydrogens (tertiary/aromatic N) is 2. The third kappa shape index (κ3) is 3.10. The van der Waals surface area contributed by atoms with Gasteiger partial charge in [-0.05, 0) is 36.2 Å². The van der Waals surface area contributed by atoms with Crippen LogP contribution in [-0.2, 0) is 4.79 Å². The Kier molecular flexibility index (Phi) is 3.99. The molecule has 0 bridgehead atoms. The maximum Gasteiger partial charge on any atom is 0.239 e. The number of carbonyl (C=O) groups excluding carboxylic acids is 1. The summed E-state index contributed by atoms with van der Waals surface area (Å²) in [5, 5.41) is 20.1. The van der Waals surface area contributed by atoms with Crippen LogP contribution >= 0.6 is 11.8 Å². The molecule has 0 unspecified atom stereocenters. The number of carbonyl (C=O) groups is 1. The summed E-state index contributed by atoms with van der Waals surface area (Å²) in [6.45, 7) is 1.96. The van der Waals surface area contributed by atoms with Gasteiger partial charge in [-0.3, -0.25) is 4.79 Å².